The molecular formula is C11H15N5OS. The number of nitrogens with two attached hydrogens (primary N) is 1. The maximum atomic E-state index is 5.72. The number of nitrogens with zero attached hydrogens (tertiary/aromatic N) is 3. The van der Waals surface area contributed by atoms with Gasteiger partial charge in [0.05, 0.1) is 17.7 Å². The molecule has 2 heterocycles. The molecule has 2 rings (SSSR count). The van der Waals surface area contributed by atoms with Crippen LogP contribution in [-0.2, 0) is 17.9 Å². The lowest BCUT2D eigenvalue weighted by molar-refractivity contribution is 0.128. The summed E-state index contributed by atoms with van der Waals surface area (Å²) >= 11 is 1.56. The Labute approximate surface area is 109 Å². The molecule has 3 N–H and O–H groups in total. The third-order valence-electron chi connectivity index (χ3n) is 2.16. The zero-order valence-electron chi connectivity index (χ0n) is 10.1. The molecule has 7 heteroatoms. The van der Waals surface area contributed by atoms with Gasteiger partial charge in [-0.3, -0.25) is 0 Å². The molecule has 0 aromatic carbocycles. The van der Waals surface area contributed by atoms with Gasteiger partial charge in [0.1, 0.15) is 18.2 Å². The van der Waals surface area contributed by atoms with E-state index in [9.17, 15) is 0 Å². The molecule has 0 fully saturated rings. The number of rotatable bonds is 6. The molecule has 0 aliphatic carbocycles. The van der Waals surface area contributed by atoms with Crippen molar-refractivity contribution in [1.82, 2.24) is 15.0 Å². The van der Waals surface area contributed by atoms with Crippen molar-refractivity contribution in [3.63, 3.8) is 0 Å². The van der Waals surface area contributed by atoms with Crippen molar-refractivity contribution in [1.29, 1.82) is 0 Å². The van der Waals surface area contributed by atoms with Crippen LogP contribution >= 0.6 is 11.3 Å². The Balaban J connectivity index is 2.00. The van der Waals surface area contributed by atoms with Crippen LogP contribution in [0.15, 0.2) is 17.0 Å². The van der Waals surface area contributed by atoms with Crippen molar-refractivity contribution < 1.29 is 4.74 Å². The SMILES string of the molecule is CCOCc1nc(N)cc(NCc2cscn2)n1. The van der Waals surface area contributed by atoms with Gasteiger partial charge in [0.15, 0.2) is 5.82 Å². The van der Waals surface area contributed by atoms with Crippen molar-refractivity contribution in [3.05, 3.63) is 28.5 Å². The van der Waals surface area contributed by atoms with Crippen LogP contribution in [0, 0.1) is 0 Å². The van der Waals surface area contributed by atoms with Crippen LogP contribution in [0.2, 0.25) is 0 Å². The fraction of sp³-hybridized carbons (Fsp3) is 0.364. The lowest BCUT2D eigenvalue weighted by Crippen LogP contribution is -2.07. The fourth-order valence-electron chi connectivity index (χ4n) is 1.37. The van der Waals surface area contributed by atoms with Crippen LogP contribution in [0.1, 0.15) is 18.4 Å². The average Bonchev–Trinajstić information content (AvgIpc) is 2.86. The molecule has 0 aliphatic rings. The van der Waals surface area contributed by atoms with E-state index in [-0.39, 0.29) is 0 Å². The van der Waals surface area contributed by atoms with E-state index >= 15 is 0 Å². The van der Waals surface area contributed by atoms with Crippen LogP contribution in [0.5, 0.6) is 0 Å². The van der Waals surface area contributed by atoms with Gasteiger partial charge in [-0.2, -0.15) is 0 Å². The first-order valence-corrected chi connectivity index (χ1v) is 6.54. The number of nitrogen functional groups attached to an aromatic ring is 1. The molecule has 0 aliphatic heterocycles. The van der Waals surface area contributed by atoms with E-state index in [1.807, 2.05) is 12.3 Å². The van der Waals surface area contributed by atoms with Crippen molar-refractivity contribution in [2.75, 3.05) is 17.7 Å². The van der Waals surface area contributed by atoms with Gasteiger partial charge in [-0.25, -0.2) is 15.0 Å². The summed E-state index contributed by atoms with van der Waals surface area (Å²) in [5.41, 5.74) is 8.49. The zero-order chi connectivity index (χ0) is 12.8. The van der Waals surface area contributed by atoms with Gasteiger partial charge in [-0.1, -0.05) is 0 Å². The molecule has 0 unspecified atom stereocenters. The summed E-state index contributed by atoms with van der Waals surface area (Å²) in [6.45, 7) is 3.54. The molecule has 96 valence electrons. The third-order valence-corrected chi connectivity index (χ3v) is 2.80. The van der Waals surface area contributed by atoms with Crippen molar-refractivity contribution in [3.8, 4) is 0 Å². The minimum Gasteiger partial charge on any atom is -0.384 e. The highest BCUT2D eigenvalue weighted by atomic mass is 32.1. The first kappa shape index (κ1) is 12.7. The predicted octanol–water partition coefficient (Wildman–Crippen LogP) is 1.66. The summed E-state index contributed by atoms with van der Waals surface area (Å²) in [7, 11) is 0. The molecule has 18 heavy (non-hydrogen) atoms. The van der Waals surface area contributed by atoms with E-state index in [0.717, 1.165) is 5.69 Å². The van der Waals surface area contributed by atoms with Gasteiger partial charge >= 0.3 is 0 Å². The minimum absolute atomic E-state index is 0.368. The summed E-state index contributed by atoms with van der Waals surface area (Å²) in [5, 5.41) is 5.15. The summed E-state index contributed by atoms with van der Waals surface area (Å²) in [6.07, 6.45) is 0. The van der Waals surface area contributed by atoms with Gasteiger partial charge in [0.25, 0.3) is 0 Å². The lowest BCUT2D eigenvalue weighted by atomic mass is 10.4. The lowest BCUT2D eigenvalue weighted by Gasteiger charge is -2.07. The predicted molar refractivity (Wildman–Crippen MR) is 71.2 cm³/mol. The minimum atomic E-state index is 0.368. The Kier molecular flexibility index (Phi) is 4.43. The Morgan fingerprint density at radius 2 is 2.33 bits per heavy atom. The van der Waals surface area contributed by atoms with Gasteiger partial charge in [-0.05, 0) is 6.92 Å². The molecule has 0 spiro atoms. The monoisotopic (exact) mass is 265 g/mol. The highest BCUT2D eigenvalue weighted by Gasteiger charge is 2.03. The summed E-state index contributed by atoms with van der Waals surface area (Å²) in [4.78, 5) is 12.6. The normalized spacial score (nSPS) is 10.5. The Morgan fingerprint density at radius 3 is 3.06 bits per heavy atom. The van der Waals surface area contributed by atoms with Crippen LogP contribution in [0.3, 0.4) is 0 Å². The average molecular weight is 265 g/mol. The van der Waals surface area contributed by atoms with E-state index < -0.39 is 0 Å². The van der Waals surface area contributed by atoms with E-state index in [1.165, 1.54) is 0 Å². The van der Waals surface area contributed by atoms with Gasteiger partial charge < -0.3 is 15.8 Å². The maximum absolute atomic E-state index is 5.72. The number of hydrogen-bond acceptors (Lipinski definition) is 7. The number of thiazole rings is 1. The number of hydrogen-bond donors (Lipinski definition) is 2. The Morgan fingerprint density at radius 1 is 1.44 bits per heavy atom. The molecule has 0 saturated heterocycles. The topological polar surface area (TPSA) is 86.0 Å². The molecule has 2 aromatic heterocycles. The second kappa shape index (κ2) is 6.27. The fourth-order valence-corrected chi connectivity index (χ4v) is 1.93. The Bertz CT molecular complexity index is 488. The van der Waals surface area contributed by atoms with Gasteiger partial charge in [0, 0.05) is 18.1 Å². The molecule has 2 aromatic rings. The quantitative estimate of drug-likeness (QED) is 0.826. The van der Waals surface area contributed by atoms with Crippen LogP contribution in [0.25, 0.3) is 0 Å². The van der Waals surface area contributed by atoms with E-state index in [1.54, 1.807) is 22.9 Å². The largest absolute Gasteiger partial charge is 0.384 e. The van der Waals surface area contributed by atoms with E-state index in [4.69, 9.17) is 10.5 Å². The highest BCUT2D eigenvalue weighted by molar-refractivity contribution is 7.07. The van der Waals surface area contributed by atoms with E-state index in [2.05, 4.69) is 20.3 Å². The van der Waals surface area contributed by atoms with Crippen LogP contribution in [0.4, 0.5) is 11.6 Å². The molecule has 0 radical (unpaired) electrons. The molecule has 0 atom stereocenters. The number of nitrogens with one attached hydrogen (secondary N) is 1. The molecule has 0 bridgehead atoms. The smallest absolute Gasteiger partial charge is 0.158 e. The summed E-state index contributed by atoms with van der Waals surface area (Å²) in [5.74, 6) is 1.70. The van der Waals surface area contributed by atoms with Crippen molar-refractivity contribution in [2.24, 2.45) is 0 Å². The zero-order valence-corrected chi connectivity index (χ0v) is 10.9. The number of anilines is 2. The molecule has 0 saturated carbocycles. The van der Waals surface area contributed by atoms with E-state index in [0.29, 0.717) is 37.2 Å². The Hall–Kier alpha value is -1.73. The molecule has 6 nitrogen and oxygen atoms in total. The highest BCUT2D eigenvalue weighted by Crippen LogP contribution is 2.11. The number of aromatic nitrogens is 3. The maximum Gasteiger partial charge on any atom is 0.158 e. The first-order valence-electron chi connectivity index (χ1n) is 5.60. The summed E-state index contributed by atoms with van der Waals surface area (Å²) < 4.78 is 5.26. The number of ether oxygens (including phenoxy) is 1. The van der Waals surface area contributed by atoms with Crippen LogP contribution in [-0.4, -0.2) is 21.6 Å². The van der Waals surface area contributed by atoms with Crippen molar-refractivity contribution >= 4 is 23.0 Å². The van der Waals surface area contributed by atoms with Crippen LogP contribution < -0.4 is 11.1 Å². The van der Waals surface area contributed by atoms with Crippen molar-refractivity contribution in [2.45, 2.75) is 20.1 Å². The molecular weight excluding hydrogens is 250 g/mol. The summed E-state index contributed by atoms with van der Waals surface area (Å²) in [6, 6.07) is 1.70. The van der Waals surface area contributed by atoms with Gasteiger partial charge in [-0.15, -0.1) is 11.3 Å². The second-order valence-electron chi connectivity index (χ2n) is 3.56. The first-order chi connectivity index (χ1) is 8.78. The third kappa shape index (κ3) is 3.64. The standard InChI is InChI=1S/C11H15N5OS/c1-2-17-5-11-15-9(12)3-10(16-11)13-4-8-6-18-7-14-8/h3,6-7H,2,4-5H2,1H3,(H3,12,13,15,16). The second-order valence-corrected chi connectivity index (χ2v) is 4.28. The molecule has 0 amide bonds. The van der Waals surface area contributed by atoms with Gasteiger partial charge in [0.2, 0.25) is 0 Å².